The van der Waals surface area contributed by atoms with Crippen molar-refractivity contribution in [3.8, 4) is 5.75 Å². The van der Waals surface area contributed by atoms with Crippen LogP contribution in [-0.4, -0.2) is 28.5 Å². The summed E-state index contributed by atoms with van der Waals surface area (Å²) in [7, 11) is -0.705. The number of nitrogens with zero attached hydrogens (tertiary/aromatic N) is 1. The fourth-order valence-electron chi connectivity index (χ4n) is 2.61. The van der Waals surface area contributed by atoms with Crippen molar-refractivity contribution in [2.45, 2.75) is 11.4 Å². The van der Waals surface area contributed by atoms with Crippen molar-refractivity contribution in [2.24, 2.45) is 0 Å². The molecule has 0 aliphatic heterocycles. The molecule has 0 saturated carbocycles. The molecule has 28 heavy (non-hydrogen) atoms. The number of carbonyl (C=O) groups is 1. The molecule has 1 heterocycles. The molecular weight excluding hydrogens is 396 g/mol. The third-order valence-electron chi connectivity index (χ3n) is 4.20. The van der Waals surface area contributed by atoms with Crippen LogP contribution in [0.25, 0.3) is 0 Å². The number of benzene rings is 2. The van der Waals surface area contributed by atoms with Crippen LogP contribution in [0.3, 0.4) is 0 Å². The third-order valence-corrected chi connectivity index (χ3v) is 6.89. The molecule has 146 valence electrons. The van der Waals surface area contributed by atoms with Crippen LogP contribution in [0.15, 0.2) is 70.9 Å². The first-order valence-electron chi connectivity index (χ1n) is 8.46. The van der Waals surface area contributed by atoms with Crippen molar-refractivity contribution < 1.29 is 17.9 Å². The van der Waals surface area contributed by atoms with Crippen LogP contribution in [0, 0.1) is 0 Å². The Bertz CT molecular complexity index is 1050. The van der Waals surface area contributed by atoms with E-state index in [0.717, 1.165) is 15.6 Å². The molecule has 1 amide bonds. The number of methoxy groups -OCH3 is 1. The summed E-state index contributed by atoms with van der Waals surface area (Å²) in [5.74, 6) is 0.416. The standard InChI is InChI=1S/C20H20N2O4S2/c1-22(28(24,25)17-6-4-3-5-7-17)18-12-13-27-19(18)20(23)21-14-15-8-10-16(26-2)11-9-15/h3-13H,14H2,1-2H3,(H,21,23). The summed E-state index contributed by atoms with van der Waals surface area (Å²) in [6.45, 7) is 0.329. The maximum atomic E-state index is 12.8. The normalized spacial score (nSPS) is 11.1. The van der Waals surface area contributed by atoms with Gasteiger partial charge in [-0.2, -0.15) is 0 Å². The first kappa shape index (κ1) is 19.9. The van der Waals surface area contributed by atoms with Gasteiger partial charge in [-0.15, -0.1) is 11.3 Å². The van der Waals surface area contributed by atoms with Gasteiger partial charge < -0.3 is 10.1 Å². The Labute approximate surface area is 168 Å². The van der Waals surface area contributed by atoms with Gasteiger partial charge in [-0.1, -0.05) is 30.3 Å². The van der Waals surface area contributed by atoms with E-state index in [-0.39, 0.29) is 10.8 Å². The first-order valence-corrected chi connectivity index (χ1v) is 10.8. The number of carbonyl (C=O) groups excluding carboxylic acids is 1. The molecule has 0 atom stereocenters. The molecule has 0 bridgehead atoms. The molecule has 3 aromatic rings. The van der Waals surface area contributed by atoms with Gasteiger partial charge >= 0.3 is 0 Å². The summed E-state index contributed by atoms with van der Waals surface area (Å²) in [5.41, 5.74) is 1.26. The molecule has 2 aromatic carbocycles. The lowest BCUT2D eigenvalue weighted by Gasteiger charge is -2.19. The zero-order valence-electron chi connectivity index (χ0n) is 15.5. The number of hydrogen-bond donors (Lipinski definition) is 1. The molecule has 6 nitrogen and oxygen atoms in total. The Kier molecular flexibility index (Phi) is 6.01. The summed E-state index contributed by atoms with van der Waals surface area (Å²) in [6, 6.07) is 17.1. The van der Waals surface area contributed by atoms with Crippen LogP contribution >= 0.6 is 11.3 Å². The number of thiophene rings is 1. The quantitative estimate of drug-likeness (QED) is 0.640. The van der Waals surface area contributed by atoms with Crippen molar-refractivity contribution >= 4 is 33.0 Å². The second-order valence-electron chi connectivity index (χ2n) is 5.95. The number of hydrogen-bond acceptors (Lipinski definition) is 5. The van der Waals surface area contributed by atoms with Crippen molar-refractivity contribution in [2.75, 3.05) is 18.5 Å². The maximum absolute atomic E-state index is 12.8. The molecule has 1 N–H and O–H groups in total. The second kappa shape index (κ2) is 8.45. The van der Waals surface area contributed by atoms with E-state index in [1.165, 1.54) is 30.5 Å². The lowest BCUT2D eigenvalue weighted by atomic mass is 10.2. The van der Waals surface area contributed by atoms with Gasteiger partial charge in [0.25, 0.3) is 15.9 Å². The maximum Gasteiger partial charge on any atom is 0.264 e. The third kappa shape index (κ3) is 4.18. The molecule has 8 heteroatoms. The van der Waals surface area contributed by atoms with Gasteiger partial charge in [-0.05, 0) is 41.3 Å². The van der Waals surface area contributed by atoms with Gasteiger partial charge in [0.15, 0.2) is 0 Å². The van der Waals surface area contributed by atoms with Crippen LogP contribution in [0.5, 0.6) is 5.75 Å². The molecule has 0 fully saturated rings. The van der Waals surface area contributed by atoms with E-state index < -0.39 is 10.0 Å². The molecule has 0 aliphatic carbocycles. The van der Waals surface area contributed by atoms with E-state index in [1.807, 2.05) is 24.3 Å². The minimum absolute atomic E-state index is 0.174. The Hall–Kier alpha value is -2.84. The summed E-state index contributed by atoms with van der Waals surface area (Å²) in [6.07, 6.45) is 0. The van der Waals surface area contributed by atoms with Gasteiger partial charge in [0.2, 0.25) is 0 Å². The zero-order valence-corrected chi connectivity index (χ0v) is 17.1. The summed E-state index contributed by atoms with van der Waals surface area (Å²) < 4.78 is 31.9. The molecule has 0 aliphatic rings. The Balaban J connectivity index is 1.76. The van der Waals surface area contributed by atoms with E-state index >= 15 is 0 Å². The van der Waals surface area contributed by atoms with Crippen molar-refractivity contribution in [1.29, 1.82) is 0 Å². The van der Waals surface area contributed by atoms with Gasteiger partial charge in [0, 0.05) is 13.6 Å². The number of rotatable bonds is 7. The molecule has 0 radical (unpaired) electrons. The van der Waals surface area contributed by atoms with Gasteiger partial charge in [-0.25, -0.2) is 8.42 Å². The minimum atomic E-state index is -3.75. The van der Waals surface area contributed by atoms with Gasteiger partial charge in [-0.3, -0.25) is 9.10 Å². The van der Waals surface area contributed by atoms with E-state index in [1.54, 1.807) is 36.8 Å². The average Bonchev–Trinajstić information content (AvgIpc) is 3.22. The second-order valence-corrected chi connectivity index (χ2v) is 8.84. The predicted molar refractivity (Wildman–Crippen MR) is 111 cm³/mol. The summed E-state index contributed by atoms with van der Waals surface area (Å²) in [5, 5.41) is 4.54. The smallest absolute Gasteiger partial charge is 0.264 e. The van der Waals surface area contributed by atoms with Crippen LogP contribution in [0.1, 0.15) is 15.2 Å². The summed E-state index contributed by atoms with van der Waals surface area (Å²) in [4.78, 5) is 13.2. The molecule has 0 unspecified atom stereocenters. The Morgan fingerprint density at radius 1 is 1.07 bits per heavy atom. The SMILES string of the molecule is COc1ccc(CNC(=O)c2sccc2N(C)S(=O)(=O)c2ccccc2)cc1. The molecule has 3 rings (SSSR count). The first-order chi connectivity index (χ1) is 13.4. The van der Waals surface area contributed by atoms with Crippen LogP contribution in [0.4, 0.5) is 5.69 Å². The largest absolute Gasteiger partial charge is 0.497 e. The molecule has 0 spiro atoms. The zero-order chi connectivity index (χ0) is 20.1. The molecule has 1 aromatic heterocycles. The fourth-order valence-corrected chi connectivity index (χ4v) is 4.73. The van der Waals surface area contributed by atoms with E-state index in [0.29, 0.717) is 17.1 Å². The van der Waals surface area contributed by atoms with Crippen LogP contribution in [0.2, 0.25) is 0 Å². The van der Waals surface area contributed by atoms with Crippen molar-refractivity contribution in [3.05, 3.63) is 76.5 Å². The topological polar surface area (TPSA) is 75.7 Å². The number of ether oxygens (including phenoxy) is 1. The minimum Gasteiger partial charge on any atom is -0.497 e. The monoisotopic (exact) mass is 416 g/mol. The van der Waals surface area contributed by atoms with Crippen LogP contribution in [-0.2, 0) is 16.6 Å². The van der Waals surface area contributed by atoms with Crippen LogP contribution < -0.4 is 14.4 Å². The highest BCUT2D eigenvalue weighted by Crippen LogP contribution is 2.29. The highest BCUT2D eigenvalue weighted by Gasteiger charge is 2.25. The molecular formula is C20H20N2O4S2. The van der Waals surface area contributed by atoms with E-state index in [2.05, 4.69) is 5.32 Å². The van der Waals surface area contributed by atoms with Crippen molar-refractivity contribution in [1.82, 2.24) is 5.32 Å². The average molecular weight is 417 g/mol. The van der Waals surface area contributed by atoms with E-state index in [9.17, 15) is 13.2 Å². The lowest BCUT2D eigenvalue weighted by Crippen LogP contribution is -2.29. The van der Waals surface area contributed by atoms with E-state index in [4.69, 9.17) is 4.74 Å². The highest BCUT2D eigenvalue weighted by molar-refractivity contribution is 7.92. The summed E-state index contributed by atoms with van der Waals surface area (Å²) >= 11 is 1.20. The van der Waals surface area contributed by atoms with Crippen molar-refractivity contribution in [3.63, 3.8) is 0 Å². The van der Waals surface area contributed by atoms with Gasteiger partial charge in [0.1, 0.15) is 10.6 Å². The predicted octanol–water partition coefficient (Wildman–Crippen LogP) is 3.51. The number of nitrogens with one attached hydrogen (secondary N) is 1. The Morgan fingerprint density at radius 3 is 2.39 bits per heavy atom. The number of sulfonamides is 1. The fraction of sp³-hybridized carbons (Fsp3) is 0.150. The molecule has 0 saturated heterocycles. The lowest BCUT2D eigenvalue weighted by molar-refractivity contribution is 0.0955. The number of anilines is 1. The number of amides is 1. The van der Waals surface area contributed by atoms with Gasteiger partial charge in [0.05, 0.1) is 17.7 Å². The Morgan fingerprint density at radius 2 is 1.75 bits per heavy atom. The highest BCUT2D eigenvalue weighted by atomic mass is 32.2.